The average Bonchev–Trinajstić information content (AvgIpc) is 3.26. The van der Waals surface area contributed by atoms with E-state index in [1.165, 1.54) is 12.3 Å². The number of oxazole rings is 1. The van der Waals surface area contributed by atoms with Gasteiger partial charge in [-0.1, -0.05) is 30.3 Å². The number of carbonyl (C=O) groups is 1. The number of ether oxygens (including phenoxy) is 1. The summed E-state index contributed by atoms with van der Waals surface area (Å²) in [6, 6.07) is 16.2. The molecule has 0 N–H and O–H groups in total. The van der Waals surface area contributed by atoms with Gasteiger partial charge in [0.15, 0.2) is 11.7 Å². The van der Waals surface area contributed by atoms with Gasteiger partial charge in [-0.05, 0) is 37.1 Å². The molecule has 1 aliphatic heterocycles. The fraction of sp³-hybridized carbons (Fsp3) is 0.333. The summed E-state index contributed by atoms with van der Waals surface area (Å²) in [7, 11) is 0. The number of rotatable bonds is 7. The van der Waals surface area contributed by atoms with Gasteiger partial charge < -0.3 is 14.1 Å². The van der Waals surface area contributed by atoms with Crippen LogP contribution < -0.4 is 4.74 Å². The number of halogens is 1. The van der Waals surface area contributed by atoms with Crippen molar-refractivity contribution in [1.82, 2.24) is 9.88 Å². The van der Waals surface area contributed by atoms with Crippen LogP contribution in [0.1, 0.15) is 25.2 Å². The number of aromatic nitrogens is 1. The van der Waals surface area contributed by atoms with Crippen LogP contribution in [0.2, 0.25) is 0 Å². The van der Waals surface area contributed by atoms with E-state index in [1.807, 2.05) is 35.2 Å². The molecule has 6 heteroatoms. The number of carbonyl (C=O) groups excluding carboxylic acids is 1. The van der Waals surface area contributed by atoms with Crippen LogP contribution in [0.15, 0.2) is 65.2 Å². The van der Waals surface area contributed by atoms with E-state index in [-0.39, 0.29) is 11.7 Å². The number of likely N-dealkylation sites (tertiary alicyclic amines) is 1. The van der Waals surface area contributed by atoms with Gasteiger partial charge in [0, 0.05) is 31.8 Å². The summed E-state index contributed by atoms with van der Waals surface area (Å²) in [6.45, 7) is 2.09. The maximum Gasteiger partial charge on any atom is 0.223 e. The van der Waals surface area contributed by atoms with E-state index in [1.54, 1.807) is 18.2 Å². The molecule has 0 bridgehead atoms. The summed E-state index contributed by atoms with van der Waals surface area (Å²) in [5.74, 6) is 1.75. The third-order valence-electron chi connectivity index (χ3n) is 5.35. The van der Waals surface area contributed by atoms with Gasteiger partial charge in [0.05, 0.1) is 18.4 Å². The Morgan fingerprint density at radius 3 is 2.80 bits per heavy atom. The summed E-state index contributed by atoms with van der Waals surface area (Å²) in [5, 5.41) is 0. The van der Waals surface area contributed by atoms with Gasteiger partial charge in [-0.15, -0.1) is 0 Å². The Balaban J connectivity index is 1.27. The number of amides is 1. The minimum atomic E-state index is -0.353. The van der Waals surface area contributed by atoms with E-state index in [2.05, 4.69) is 4.98 Å². The number of nitrogens with zero attached hydrogens (tertiary/aromatic N) is 2. The van der Waals surface area contributed by atoms with E-state index in [0.29, 0.717) is 49.1 Å². The highest BCUT2D eigenvalue weighted by Gasteiger charge is 2.24. The van der Waals surface area contributed by atoms with Crippen LogP contribution in [0, 0.1) is 11.7 Å². The summed E-state index contributed by atoms with van der Waals surface area (Å²) >= 11 is 0. The van der Waals surface area contributed by atoms with Crippen LogP contribution >= 0.6 is 0 Å². The van der Waals surface area contributed by atoms with E-state index < -0.39 is 0 Å². The maximum atomic E-state index is 13.9. The molecule has 0 radical (unpaired) electrons. The van der Waals surface area contributed by atoms with E-state index in [4.69, 9.17) is 9.15 Å². The molecule has 0 aliphatic carbocycles. The zero-order valence-corrected chi connectivity index (χ0v) is 16.8. The fourth-order valence-corrected chi connectivity index (χ4v) is 3.74. The largest absolute Gasteiger partial charge is 0.493 e. The molecule has 1 atom stereocenters. The first-order valence-corrected chi connectivity index (χ1v) is 10.3. The van der Waals surface area contributed by atoms with Gasteiger partial charge in [0.2, 0.25) is 5.91 Å². The smallest absolute Gasteiger partial charge is 0.223 e. The zero-order chi connectivity index (χ0) is 20.8. The Hall–Kier alpha value is -3.15. The fourth-order valence-electron chi connectivity index (χ4n) is 3.74. The number of hydrogen-bond acceptors (Lipinski definition) is 4. The van der Waals surface area contributed by atoms with Crippen molar-refractivity contribution in [3.63, 3.8) is 0 Å². The molecule has 2 aromatic carbocycles. The van der Waals surface area contributed by atoms with Gasteiger partial charge in [-0.2, -0.15) is 0 Å². The molecule has 156 valence electrons. The van der Waals surface area contributed by atoms with Crippen LogP contribution in [0.4, 0.5) is 4.39 Å². The van der Waals surface area contributed by atoms with E-state index >= 15 is 0 Å². The van der Waals surface area contributed by atoms with Gasteiger partial charge >= 0.3 is 0 Å². The lowest BCUT2D eigenvalue weighted by Gasteiger charge is -2.32. The highest BCUT2D eigenvalue weighted by Crippen LogP contribution is 2.24. The van der Waals surface area contributed by atoms with Crippen LogP contribution in [0.3, 0.4) is 0 Å². The lowest BCUT2D eigenvalue weighted by atomic mass is 9.98. The molecule has 1 unspecified atom stereocenters. The summed E-state index contributed by atoms with van der Waals surface area (Å²) < 4.78 is 25.4. The van der Waals surface area contributed by atoms with Crippen LogP contribution in [-0.2, 0) is 11.2 Å². The van der Waals surface area contributed by atoms with Crippen molar-refractivity contribution in [3.05, 3.63) is 72.5 Å². The third kappa shape index (κ3) is 5.06. The second kappa shape index (κ2) is 9.57. The molecule has 1 aliphatic rings. The van der Waals surface area contributed by atoms with Gasteiger partial charge in [0.1, 0.15) is 11.6 Å². The Morgan fingerprint density at radius 1 is 1.17 bits per heavy atom. The topological polar surface area (TPSA) is 55.6 Å². The van der Waals surface area contributed by atoms with E-state index in [0.717, 1.165) is 25.1 Å². The monoisotopic (exact) mass is 408 g/mol. The average molecular weight is 408 g/mol. The molecule has 4 rings (SSSR count). The normalized spacial score (nSPS) is 16.4. The molecule has 1 saturated heterocycles. The Bertz CT molecular complexity index is 973. The molecule has 1 aromatic heterocycles. The first-order valence-electron chi connectivity index (χ1n) is 10.3. The highest BCUT2D eigenvalue weighted by atomic mass is 19.1. The minimum absolute atomic E-state index is 0.0880. The first-order chi connectivity index (χ1) is 14.7. The summed E-state index contributed by atoms with van der Waals surface area (Å²) in [5.41, 5.74) is 0.375. The maximum absolute atomic E-state index is 13.9. The van der Waals surface area contributed by atoms with Crippen molar-refractivity contribution in [2.45, 2.75) is 25.7 Å². The van der Waals surface area contributed by atoms with Crippen LogP contribution in [0.25, 0.3) is 11.3 Å². The number of aryl methyl sites for hydroxylation is 1. The molecule has 2 heterocycles. The van der Waals surface area contributed by atoms with Gasteiger partial charge in [-0.3, -0.25) is 4.79 Å². The lowest BCUT2D eigenvalue weighted by Crippen LogP contribution is -2.41. The number of para-hydroxylation sites is 1. The van der Waals surface area contributed by atoms with Crippen molar-refractivity contribution >= 4 is 5.91 Å². The van der Waals surface area contributed by atoms with Crippen LogP contribution in [0.5, 0.6) is 5.75 Å². The molecule has 5 nitrogen and oxygen atoms in total. The lowest BCUT2D eigenvalue weighted by molar-refractivity contribution is -0.133. The Kier molecular flexibility index (Phi) is 6.42. The molecule has 1 fully saturated rings. The van der Waals surface area contributed by atoms with E-state index in [9.17, 15) is 9.18 Å². The Morgan fingerprint density at radius 2 is 1.97 bits per heavy atom. The van der Waals surface area contributed by atoms with Crippen molar-refractivity contribution in [3.8, 4) is 17.1 Å². The number of hydrogen-bond donors (Lipinski definition) is 0. The molecule has 1 amide bonds. The van der Waals surface area contributed by atoms with Crippen molar-refractivity contribution in [2.75, 3.05) is 19.7 Å². The quantitative estimate of drug-likeness (QED) is 0.567. The minimum Gasteiger partial charge on any atom is -0.493 e. The Labute approximate surface area is 175 Å². The van der Waals surface area contributed by atoms with Crippen molar-refractivity contribution in [2.24, 2.45) is 5.92 Å². The van der Waals surface area contributed by atoms with Crippen LogP contribution in [-0.4, -0.2) is 35.5 Å². The molecule has 0 spiro atoms. The number of piperidine rings is 1. The SMILES string of the molecule is O=C(CCc1ncc(-c2ccccc2F)o1)N1CCCC(COc2ccccc2)C1. The predicted octanol–water partition coefficient (Wildman–Crippen LogP) is 4.73. The molecular weight excluding hydrogens is 383 g/mol. The van der Waals surface area contributed by atoms with Crippen molar-refractivity contribution in [1.29, 1.82) is 0 Å². The molecule has 3 aromatic rings. The zero-order valence-electron chi connectivity index (χ0n) is 16.8. The highest BCUT2D eigenvalue weighted by molar-refractivity contribution is 5.76. The summed E-state index contributed by atoms with van der Waals surface area (Å²) in [4.78, 5) is 18.8. The van der Waals surface area contributed by atoms with Gasteiger partial charge in [0.25, 0.3) is 0 Å². The predicted molar refractivity (Wildman–Crippen MR) is 111 cm³/mol. The first kappa shape index (κ1) is 20.1. The molecule has 0 saturated carbocycles. The molecular formula is C24H25FN2O3. The number of benzene rings is 2. The molecule has 30 heavy (non-hydrogen) atoms. The second-order valence-electron chi connectivity index (χ2n) is 7.57. The van der Waals surface area contributed by atoms with Crippen molar-refractivity contribution < 1.29 is 18.3 Å². The second-order valence-corrected chi connectivity index (χ2v) is 7.57. The standard InChI is InChI=1S/C24H25FN2O3/c25-21-11-5-4-10-20(21)22-15-26-23(30-22)12-13-24(28)27-14-6-7-18(16-27)17-29-19-8-2-1-3-9-19/h1-5,8-11,15,18H,6-7,12-14,16-17H2. The summed E-state index contributed by atoms with van der Waals surface area (Å²) in [6.07, 6.45) is 4.27. The van der Waals surface area contributed by atoms with Gasteiger partial charge in [-0.25, -0.2) is 9.37 Å². The third-order valence-corrected chi connectivity index (χ3v) is 5.35.